The van der Waals surface area contributed by atoms with Crippen molar-refractivity contribution in [3.8, 4) is 0 Å². The molecule has 22 heavy (non-hydrogen) atoms. The number of rotatable bonds is 12. The lowest BCUT2D eigenvalue weighted by Gasteiger charge is -2.14. The van der Waals surface area contributed by atoms with E-state index in [0.29, 0.717) is 6.42 Å². The van der Waals surface area contributed by atoms with E-state index in [1.54, 1.807) is 0 Å². The zero-order chi connectivity index (χ0) is 17.0. The van der Waals surface area contributed by atoms with Crippen molar-refractivity contribution in [2.75, 3.05) is 6.61 Å². The van der Waals surface area contributed by atoms with Crippen LogP contribution in [0.4, 0.5) is 0 Å². The maximum absolute atomic E-state index is 11.6. The lowest BCUT2D eigenvalue weighted by molar-refractivity contribution is -0.151. The summed E-state index contributed by atoms with van der Waals surface area (Å²) in [6, 6.07) is 0. The summed E-state index contributed by atoms with van der Waals surface area (Å²) in [6.45, 7) is 1.79. The summed E-state index contributed by atoms with van der Waals surface area (Å²) in [6.07, 6.45) is 8.00. The smallest absolute Gasteiger partial charge is 0.307 e. The first-order chi connectivity index (χ1) is 10.3. The molecule has 0 fully saturated rings. The zero-order valence-electron chi connectivity index (χ0n) is 13.0. The fraction of sp³-hybridized carbons (Fsp3) is 0.867. The van der Waals surface area contributed by atoms with Crippen LogP contribution in [0.2, 0.25) is 0 Å². The summed E-state index contributed by atoms with van der Waals surface area (Å²) >= 11 is 16.4. The minimum atomic E-state index is -1.67. The standard InChI is InChI=1S/C15H25Cl3O4/c1-2-3-4-5-6-7-8-9-12(14(20)21)10-13(19)22-11-15(16,17)18/h12H,2-11H2,1H3,(H,20,21)/t12-/m1/s1. The number of carbonyl (C=O) groups is 2. The van der Waals surface area contributed by atoms with Gasteiger partial charge in [-0.05, 0) is 6.42 Å². The monoisotopic (exact) mass is 374 g/mol. The van der Waals surface area contributed by atoms with Crippen LogP contribution in [0.3, 0.4) is 0 Å². The molecule has 130 valence electrons. The van der Waals surface area contributed by atoms with Crippen molar-refractivity contribution in [2.24, 2.45) is 5.92 Å². The van der Waals surface area contributed by atoms with Gasteiger partial charge in [-0.3, -0.25) is 9.59 Å². The first-order valence-corrected chi connectivity index (χ1v) is 8.84. The molecule has 0 saturated carbocycles. The first-order valence-electron chi connectivity index (χ1n) is 7.71. The molecule has 0 amide bonds. The molecule has 0 aromatic carbocycles. The molecule has 0 aliphatic heterocycles. The van der Waals surface area contributed by atoms with E-state index in [-0.39, 0.29) is 13.0 Å². The molecule has 0 aliphatic rings. The second-order valence-corrected chi connectivity index (χ2v) is 7.94. The normalized spacial score (nSPS) is 12.9. The van der Waals surface area contributed by atoms with E-state index < -0.39 is 21.6 Å². The number of hydrogen-bond acceptors (Lipinski definition) is 3. The number of carboxylic acids is 1. The number of esters is 1. The van der Waals surface area contributed by atoms with Crippen LogP contribution < -0.4 is 0 Å². The fourth-order valence-electron chi connectivity index (χ4n) is 2.08. The van der Waals surface area contributed by atoms with E-state index in [1.165, 1.54) is 25.7 Å². The quantitative estimate of drug-likeness (QED) is 0.292. The average molecular weight is 376 g/mol. The summed E-state index contributed by atoms with van der Waals surface area (Å²) in [7, 11) is 0. The van der Waals surface area contributed by atoms with Crippen LogP contribution in [0.15, 0.2) is 0 Å². The number of carbonyl (C=O) groups excluding carboxylic acids is 1. The molecule has 1 N–H and O–H groups in total. The highest BCUT2D eigenvalue weighted by Crippen LogP contribution is 2.26. The van der Waals surface area contributed by atoms with Crippen molar-refractivity contribution >= 4 is 46.7 Å². The molecule has 0 spiro atoms. The van der Waals surface area contributed by atoms with Crippen molar-refractivity contribution in [3.63, 3.8) is 0 Å². The number of unbranched alkanes of at least 4 members (excludes halogenated alkanes) is 6. The Kier molecular flexibility index (Phi) is 12.2. The van der Waals surface area contributed by atoms with E-state index >= 15 is 0 Å². The van der Waals surface area contributed by atoms with Crippen LogP contribution in [-0.4, -0.2) is 27.4 Å². The van der Waals surface area contributed by atoms with Gasteiger partial charge >= 0.3 is 11.9 Å². The van der Waals surface area contributed by atoms with E-state index in [2.05, 4.69) is 6.92 Å². The topological polar surface area (TPSA) is 63.6 Å². The van der Waals surface area contributed by atoms with Crippen LogP contribution in [0, 0.1) is 5.92 Å². The Bertz CT molecular complexity index is 329. The Morgan fingerprint density at radius 2 is 1.59 bits per heavy atom. The summed E-state index contributed by atoms with van der Waals surface area (Å²) in [5.41, 5.74) is 0. The highest BCUT2D eigenvalue weighted by Gasteiger charge is 2.25. The van der Waals surface area contributed by atoms with Gasteiger partial charge in [-0.15, -0.1) is 0 Å². The Labute approximate surface area is 147 Å². The van der Waals surface area contributed by atoms with Gasteiger partial charge in [0.05, 0.1) is 12.3 Å². The summed E-state index contributed by atoms with van der Waals surface area (Å²) in [4.78, 5) is 22.7. The number of carboxylic acid groups (broad SMARTS) is 1. The summed E-state index contributed by atoms with van der Waals surface area (Å²) < 4.78 is 3.09. The van der Waals surface area contributed by atoms with Gasteiger partial charge in [0.25, 0.3) is 0 Å². The number of hydrogen-bond donors (Lipinski definition) is 1. The molecule has 0 bridgehead atoms. The molecule has 0 heterocycles. The van der Waals surface area contributed by atoms with Gasteiger partial charge in [-0.1, -0.05) is 86.7 Å². The van der Waals surface area contributed by atoms with Gasteiger partial charge in [0, 0.05) is 0 Å². The third-order valence-electron chi connectivity index (χ3n) is 3.32. The second kappa shape index (κ2) is 12.3. The molecule has 0 rings (SSSR count). The minimum absolute atomic E-state index is 0.189. The van der Waals surface area contributed by atoms with Crippen molar-refractivity contribution in [1.29, 1.82) is 0 Å². The SMILES string of the molecule is CCCCCCCCC[C@H](CC(=O)OCC(Cl)(Cl)Cl)C(=O)O. The number of halogens is 3. The zero-order valence-corrected chi connectivity index (χ0v) is 15.2. The Hall–Kier alpha value is -0.190. The first kappa shape index (κ1) is 21.8. The van der Waals surface area contributed by atoms with E-state index in [1.807, 2.05) is 0 Å². The lowest BCUT2D eigenvalue weighted by atomic mass is 9.97. The van der Waals surface area contributed by atoms with Gasteiger partial charge in [0.1, 0.15) is 6.61 Å². The number of alkyl halides is 3. The summed E-state index contributed by atoms with van der Waals surface area (Å²) in [5.74, 6) is -2.38. The molecule has 0 saturated heterocycles. The molecular weight excluding hydrogens is 351 g/mol. The number of aliphatic carboxylic acids is 1. The third-order valence-corrected chi connectivity index (χ3v) is 3.64. The molecule has 0 unspecified atom stereocenters. The van der Waals surface area contributed by atoms with Crippen molar-refractivity contribution < 1.29 is 19.4 Å². The van der Waals surface area contributed by atoms with Crippen LogP contribution in [0.5, 0.6) is 0 Å². The predicted molar refractivity (Wildman–Crippen MR) is 89.6 cm³/mol. The van der Waals surface area contributed by atoms with Crippen LogP contribution >= 0.6 is 34.8 Å². The number of ether oxygens (including phenoxy) is 1. The third kappa shape index (κ3) is 13.5. The van der Waals surface area contributed by atoms with Crippen molar-refractivity contribution in [1.82, 2.24) is 0 Å². The Balaban J connectivity index is 3.91. The van der Waals surface area contributed by atoms with E-state index in [9.17, 15) is 9.59 Å². The molecule has 0 aromatic rings. The molecular formula is C15H25Cl3O4. The maximum Gasteiger partial charge on any atom is 0.307 e. The second-order valence-electron chi connectivity index (χ2n) is 5.43. The average Bonchev–Trinajstić information content (AvgIpc) is 2.42. The maximum atomic E-state index is 11.6. The van der Waals surface area contributed by atoms with Gasteiger partial charge in [-0.25, -0.2) is 0 Å². The molecule has 0 aliphatic carbocycles. The van der Waals surface area contributed by atoms with Crippen LogP contribution in [-0.2, 0) is 14.3 Å². The van der Waals surface area contributed by atoms with Gasteiger partial charge in [-0.2, -0.15) is 0 Å². The van der Waals surface area contributed by atoms with Crippen molar-refractivity contribution in [3.05, 3.63) is 0 Å². The van der Waals surface area contributed by atoms with E-state index in [4.69, 9.17) is 44.6 Å². The largest absolute Gasteiger partial charge is 0.481 e. The molecule has 0 radical (unpaired) electrons. The van der Waals surface area contributed by atoms with Gasteiger partial charge < -0.3 is 9.84 Å². The Morgan fingerprint density at radius 1 is 1.05 bits per heavy atom. The molecule has 7 heteroatoms. The summed E-state index contributed by atoms with van der Waals surface area (Å²) in [5, 5.41) is 9.14. The molecule has 4 nitrogen and oxygen atoms in total. The van der Waals surface area contributed by atoms with E-state index in [0.717, 1.165) is 19.3 Å². The Morgan fingerprint density at radius 3 is 2.09 bits per heavy atom. The highest BCUT2D eigenvalue weighted by molar-refractivity contribution is 6.67. The molecule has 1 atom stereocenters. The predicted octanol–water partition coefficient (Wildman–Crippen LogP) is 5.13. The van der Waals surface area contributed by atoms with Crippen LogP contribution in [0.1, 0.15) is 64.7 Å². The minimum Gasteiger partial charge on any atom is -0.481 e. The van der Waals surface area contributed by atoms with Crippen LogP contribution in [0.25, 0.3) is 0 Å². The van der Waals surface area contributed by atoms with Gasteiger partial charge in [0.15, 0.2) is 0 Å². The van der Waals surface area contributed by atoms with Crippen molar-refractivity contribution in [2.45, 2.75) is 68.5 Å². The van der Waals surface area contributed by atoms with Gasteiger partial charge in [0.2, 0.25) is 3.79 Å². The molecule has 0 aromatic heterocycles. The fourth-order valence-corrected chi connectivity index (χ4v) is 2.25. The highest BCUT2D eigenvalue weighted by atomic mass is 35.6. The lowest BCUT2D eigenvalue weighted by Crippen LogP contribution is -2.22.